The van der Waals surface area contributed by atoms with Crippen molar-refractivity contribution in [3.63, 3.8) is 0 Å². The third kappa shape index (κ3) is 2.21. The number of nitrogen functional groups attached to an aromatic ring is 1. The first kappa shape index (κ1) is 10.9. The fraction of sp³-hybridized carbons (Fsp3) is 0.333. The largest absolute Gasteiger partial charge is 0.383 e. The van der Waals surface area contributed by atoms with Crippen molar-refractivity contribution in [1.82, 2.24) is 4.98 Å². The van der Waals surface area contributed by atoms with E-state index in [1.807, 2.05) is 0 Å². The van der Waals surface area contributed by atoms with E-state index in [1.165, 1.54) is 26.1 Å². The first-order valence-electron chi connectivity index (χ1n) is 4.00. The van der Waals surface area contributed by atoms with Crippen molar-refractivity contribution in [3.8, 4) is 0 Å². The van der Waals surface area contributed by atoms with Gasteiger partial charge in [0.05, 0.1) is 10.6 Å². The number of aromatic nitrogens is 1. The Balaban J connectivity index is 3.19. The van der Waals surface area contributed by atoms with Crippen molar-refractivity contribution < 1.29 is 9.90 Å². The zero-order chi connectivity index (χ0) is 10.9. The van der Waals surface area contributed by atoms with Gasteiger partial charge in [-0.25, -0.2) is 4.98 Å². The van der Waals surface area contributed by atoms with Crippen molar-refractivity contribution in [3.05, 3.63) is 22.8 Å². The molecule has 76 valence electrons. The number of ketones is 1. The number of carbonyl (C=O) groups excluding carboxylic acids is 1. The summed E-state index contributed by atoms with van der Waals surface area (Å²) in [6.45, 7) is 2.77. The van der Waals surface area contributed by atoms with Crippen LogP contribution in [-0.2, 0) is 0 Å². The van der Waals surface area contributed by atoms with Crippen LogP contribution in [0.3, 0.4) is 0 Å². The number of aliphatic hydroxyl groups is 1. The first-order valence-corrected chi connectivity index (χ1v) is 4.38. The summed E-state index contributed by atoms with van der Waals surface area (Å²) in [5.74, 6) is -0.425. The molecular weight excluding hydrogens is 204 g/mol. The molecule has 0 saturated carbocycles. The van der Waals surface area contributed by atoms with Crippen LogP contribution < -0.4 is 5.73 Å². The summed E-state index contributed by atoms with van der Waals surface area (Å²) in [6, 6.07) is 1.39. The van der Waals surface area contributed by atoms with Gasteiger partial charge in [0.15, 0.2) is 5.78 Å². The van der Waals surface area contributed by atoms with Crippen molar-refractivity contribution in [1.29, 1.82) is 0 Å². The van der Waals surface area contributed by atoms with Crippen LogP contribution in [0.1, 0.15) is 24.2 Å². The molecule has 1 heterocycles. The van der Waals surface area contributed by atoms with Crippen LogP contribution >= 0.6 is 11.6 Å². The van der Waals surface area contributed by atoms with Crippen LogP contribution in [0.2, 0.25) is 5.02 Å². The number of nitrogens with two attached hydrogens (primary N) is 1. The van der Waals surface area contributed by atoms with Crippen molar-refractivity contribution >= 4 is 23.2 Å². The Morgan fingerprint density at radius 3 is 2.71 bits per heavy atom. The second-order valence-electron chi connectivity index (χ2n) is 3.47. The maximum atomic E-state index is 11.6. The smallest absolute Gasteiger partial charge is 0.197 e. The lowest BCUT2D eigenvalue weighted by Crippen LogP contribution is -2.31. The number of nitrogens with zero attached hydrogens (tertiary/aromatic N) is 1. The lowest BCUT2D eigenvalue weighted by molar-refractivity contribution is 0.0488. The second kappa shape index (κ2) is 3.55. The molecule has 0 fully saturated rings. The zero-order valence-corrected chi connectivity index (χ0v) is 8.67. The molecular formula is C9H11ClN2O2. The molecule has 0 atom stereocenters. The Morgan fingerprint density at radius 1 is 1.64 bits per heavy atom. The molecule has 1 aromatic heterocycles. The van der Waals surface area contributed by atoms with Gasteiger partial charge in [-0.1, -0.05) is 11.6 Å². The summed E-state index contributed by atoms with van der Waals surface area (Å²) < 4.78 is 0. The Hall–Kier alpha value is -1.13. The molecule has 0 amide bonds. The molecule has 1 rings (SSSR count). The summed E-state index contributed by atoms with van der Waals surface area (Å²) in [5, 5.41) is 9.79. The monoisotopic (exact) mass is 214 g/mol. The number of rotatable bonds is 2. The van der Waals surface area contributed by atoms with Crippen LogP contribution in [0, 0.1) is 0 Å². The fourth-order valence-corrected chi connectivity index (χ4v) is 1.12. The van der Waals surface area contributed by atoms with Gasteiger partial charge in [-0.05, 0) is 19.9 Å². The highest BCUT2D eigenvalue weighted by Gasteiger charge is 2.27. The van der Waals surface area contributed by atoms with E-state index < -0.39 is 11.4 Å². The quantitative estimate of drug-likeness (QED) is 0.727. The van der Waals surface area contributed by atoms with E-state index in [4.69, 9.17) is 17.3 Å². The van der Waals surface area contributed by atoms with Crippen molar-refractivity contribution in [2.45, 2.75) is 19.4 Å². The van der Waals surface area contributed by atoms with Gasteiger partial charge in [0.1, 0.15) is 11.4 Å². The lowest BCUT2D eigenvalue weighted by atomic mass is 9.97. The van der Waals surface area contributed by atoms with Gasteiger partial charge in [-0.15, -0.1) is 0 Å². The number of hydrogen-bond acceptors (Lipinski definition) is 4. The van der Waals surface area contributed by atoms with Gasteiger partial charge in [0, 0.05) is 6.20 Å². The number of halogens is 1. The Labute approximate surface area is 86.7 Å². The van der Waals surface area contributed by atoms with E-state index in [9.17, 15) is 9.90 Å². The third-order valence-electron chi connectivity index (χ3n) is 1.69. The molecule has 0 aliphatic heterocycles. The van der Waals surface area contributed by atoms with Crippen LogP contribution in [0.4, 0.5) is 5.82 Å². The maximum absolute atomic E-state index is 11.6. The number of pyridine rings is 1. The zero-order valence-electron chi connectivity index (χ0n) is 7.91. The Bertz CT molecular complexity index is 372. The minimum atomic E-state index is -1.47. The van der Waals surface area contributed by atoms with Gasteiger partial charge >= 0.3 is 0 Å². The van der Waals surface area contributed by atoms with E-state index in [0.29, 0.717) is 5.02 Å². The predicted octanol–water partition coefficient (Wildman–Crippen LogP) is 1.27. The molecule has 3 N–H and O–H groups in total. The molecule has 0 unspecified atom stereocenters. The van der Waals surface area contributed by atoms with Crippen molar-refractivity contribution in [2.75, 3.05) is 5.73 Å². The highest BCUT2D eigenvalue weighted by molar-refractivity contribution is 6.31. The molecule has 0 bridgehead atoms. The molecule has 0 radical (unpaired) electrons. The first-order chi connectivity index (χ1) is 6.32. The summed E-state index contributed by atoms with van der Waals surface area (Å²) in [6.07, 6.45) is 1.35. The summed E-state index contributed by atoms with van der Waals surface area (Å²) >= 11 is 5.66. The molecule has 0 saturated heterocycles. The molecule has 1 aromatic rings. The van der Waals surface area contributed by atoms with Crippen molar-refractivity contribution in [2.24, 2.45) is 0 Å². The standard InChI is InChI=1S/C9H11ClN2O2/c1-9(2,14)7(13)6-3-5(10)4-12-8(6)11/h3-4,14H,1-2H3,(H2,11,12). The minimum absolute atomic E-state index is 0.0709. The van der Waals surface area contributed by atoms with Crippen LogP contribution in [0.25, 0.3) is 0 Å². The Kier molecular flexibility index (Phi) is 2.78. The van der Waals surface area contributed by atoms with Gasteiger partial charge in [-0.3, -0.25) is 4.79 Å². The number of carbonyl (C=O) groups is 1. The third-order valence-corrected chi connectivity index (χ3v) is 1.89. The van der Waals surface area contributed by atoms with E-state index in [2.05, 4.69) is 4.98 Å². The normalized spacial score (nSPS) is 11.4. The Morgan fingerprint density at radius 2 is 2.21 bits per heavy atom. The number of anilines is 1. The van der Waals surface area contributed by atoms with E-state index in [-0.39, 0.29) is 11.4 Å². The molecule has 14 heavy (non-hydrogen) atoms. The van der Waals surface area contributed by atoms with E-state index >= 15 is 0 Å². The number of hydrogen-bond donors (Lipinski definition) is 2. The molecule has 0 spiro atoms. The molecule has 4 nitrogen and oxygen atoms in total. The van der Waals surface area contributed by atoms with Gasteiger partial charge < -0.3 is 10.8 Å². The van der Waals surface area contributed by atoms with Crippen LogP contribution in [-0.4, -0.2) is 21.5 Å². The summed E-state index contributed by atoms with van der Waals surface area (Å²) in [7, 11) is 0. The lowest BCUT2D eigenvalue weighted by Gasteiger charge is -2.16. The van der Waals surface area contributed by atoms with E-state index in [0.717, 1.165) is 0 Å². The molecule has 0 aliphatic carbocycles. The molecule has 0 aliphatic rings. The number of Topliss-reactive ketones (excluding diaryl/α,β-unsaturated/α-hetero) is 1. The highest BCUT2D eigenvalue weighted by Crippen LogP contribution is 2.20. The molecule has 5 heteroatoms. The second-order valence-corrected chi connectivity index (χ2v) is 3.91. The average molecular weight is 215 g/mol. The minimum Gasteiger partial charge on any atom is -0.383 e. The SMILES string of the molecule is CC(C)(O)C(=O)c1cc(Cl)cnc1N. The van der Waals surface area contributed by atoms with Crippen LogP contribution in [0.5, 0.6) is 0 Å². The van der Waals surface area contributed by atoms with Gasteiger partial charge in [-0.2, -0.15) is 0 Å². The summed E-state index contributed by atoms with van der Waals surface area (Å²) in [4.78, 5) is 15.3. The van der Waals surface area contributed by atoms with Gasteiger partial charge in [0.25, 0.3) is 0 Å². The highest BCUT2D eigenvalue weighted by atomic mass is 35.5. The fourth-order valence-electron chi connectivity index (χ4n) is 0.961. The predicted molar refractivity (Wildman–Crippen MR) is 54.3 cm³/mol. The maximum Gasteiger partial charge on any atom is 0.197 e. The van der Waals surface area contributed by atoms with Gasteiger partial charge in [0.2, 0.25) is 0 Å². The van der Waals surface area contributed by atoms with E-state index in [1.54, 1.807) is 0 Å². The molecule has 0 aromatic carbocycles. The van der Waals surface area contributed by atoms with Crippen LogP contribution in [0.15, 0.2) is 12.3 Å². The summed E-state index contributed by atoms with van der Waals surface area (Å²) in [5.41, 5.74) is 4.16. The average Bonchev–Trinajstić information content (AvgIpc) is 2.06. The topological polar surface area (TPSA) is 76.2 Å².